The molecule has 3 heteroatoms. The van der Waals surface area contributed by atoms with E-state index in [2.05, 4.69) is 5.32 Å². The predicted octanol–water partition coefficient (Wildman–Crippen LogP) is 2.67. The minimum Gasteiger partial charge on any atom is -0.317 e. The highest BCUT2D eigenvalue weighted by Gasteiger charge is 2.13. The Morgan fingerprint density at radius 1 is 1.29 bits per heavy atom. The molecular weight excluding hydrogens is 197 g/mol. The van der Waals surface area contributed by atoms with Gasteiger partial charge in [-0.15, -0.1) is 11.8 Å². The Hall–Kier alpha value is -0.540. The van der Waals surface area contributed by atoms with Crippen molar-refractivity contribution in [2.45, 2.75) is 23.0 Å². The van der Waals surface area contributed by atoms with Crippen molar-refractivity contribution in [3.8, 4) is 0 Å². The van der Waals surface area contributed by atoms with E-state index in [4.69, 9.17) is 0 Å². The molecule has 1 aliphatic heterocycles. The first-order valence-corrected chi connectivity index (χ1v) is 5.85. The molecule has 1 aromatic rings. The summed E-state index contributed by atoms with van der Waals surface area (Å²) in [5.74, 6) is -0.135. The molecule has 0 spiro atoms. The van der Waals surface area contributed by atoms with Crippen LogP contribution in [-0.4, -0.2) is 18.3 Å². The van der Waals surface area contributed by atoms with Crippen molar-refractivity contribution in [3.63, 3.8) is 0 Å². The predicted molar refractivity (Wildman–Crippen MR) is 58.1 cm³/mol. The third-order valence-electron chi connectivity index (χ3n) is 2.39. The van der Waals surface area contributed by atoms with Crippen molar-refractivity contribution in [3.05, 3.63) is 30.1 Å². The Bertz CT molecular complexity index is 297. The Morgan fingerprint density at radius 3 is 2.79 bits per heavy atom. The summed E-state index contributed by atoms with van der Waals surface area (Å²) < 4.78 is 12.9. The van der Waals surface area contributed by atoms with E-state index in [-0.39, 0.29) is 5.82 Å². The number of thioether (sulfide) groups is 1. The van der Waals surface area contributed by atoms with Gasteiger partial charge < -0.3 is 5.32 Å². The van der Waals surface area contributed by atoms with Crippen LogP contribution in [-0.2, 0) is 0 Å². The summed E-state index contributed by atoms with van der Waals surface area (Å²) in [6.07, 6.45) is 2.36. The summed E-state index contributed by atoms with van der Waals surface area (Å²) in [6, 6.07) is 6.87. The third kappa shape index (κ3) is 2.72. The van der Waals surface area contributed by atoms with E-state index in [1.807, 2.05) is 6.07 Å². The zero-order valence-corrected chi connectivity index (χ0v) is 8.82. The molecule has 1 saturated heterocycles. The van der Waals surface area contributed by atoms with Crippen molar-refractivity contribution >= 4 is 11.8 Å². The molecule has 1 fully saturated rings. The Labute approximate surface area is 88.1 Å². The maximum Gasteiger partial charge on any atom is 0.124 e. The Morgan fingerprint density at radius 2 is 2.07 bits per heavy atom. The van der Waals surface area contributed by atoms with Crippen molar-refractivity contribution in [2.75, 3.05) is 13.1 Å². The maximum atomic E-state index is 12.9. The van der Waals surface area contributed by atoms with Gasteiger partial charge in [-0.2, -0.15) is 0 Å². The lowest BCUT2D eigenvalue weighted by Gasteiger charge is -2.21. The molecule has 76 valence electrons. The fourth-order valence-electron chi connectivity index (χ4n) is 1.65. The third-order valence-corrected chi connectivity index (χ3v) is 3.72. The number of nitrogens with one attached hydrogen (secondary N) is 1. The summed E-state index contributed by atoms with van der Waals surface area (Å²) in [6.45, 7) is 2.18. The van der Waals surface area contributed by atoms with Crippen molar-refractivity contribution < 1.29 is 4.39 Å². The second kappa shape index (κ2) is 4.80. The van der Waals surface area contributed by atoms with Gasteiger partial charge in [0.1, 0.15) is 5.82 Å². The van der Waals surface area contributed by atoms with Crippen LogP contribution in [0.15, 0.2) is 29.2 Å². The molecular formula is C11H14FNS. The van der Waals surface area contributed by atoms with Crippen LogP contribution in [0.3, 0.4) is 0 Å². The van der Waals surface area contributed by atoms with E-state index in [0.29, 0.717) is 5.25 Å². The standard InChI is InChI=1S/C11H14FNS/c12-9-2-1-3-11(8-9)14-10-4-6-13-7-5-10/h1-3,8,10,13H,4-7H2. The van der Waals surface area contributed by atoms with Crippen LogP contribution in [0.5, 0.6) is 0 Å². The van der Waals surface area contributed by atoms with Crippen molar-refractivity contribution in [1.29, 1.82) is 0 Å². The van der Waals surface area contributed by atoms with Crippen LogP contribution >= 0.6 is 11.8 Å². The summed E-state index contributed by atoms with van der Waals surface area (Å²) in [4.78, 5) is 1.05. The van der Waals surface area contributed by atoms with Gasteiger partial charge in [0.25, 0.3) is 0 Å². The largest absolute Gasteiger partial charge is 0.317 e. The summed E-state index contributed by atoms with van der Waals surface area (Å²) in [5.41, 5.74) is 0. The minimum atomic E-state index is -0.135. The van der Waals surface area contributed by atoms with E-state index in [1.54, 1.807) is 23.9 Å². The van der Waals surface area contributed by atoms with Crippen LogP contribution in [0.2, 0.25) is 0 Å². The summed E-state index contributed by atoms with van der Waals surface area (Å²) in [5, 5.41) is 3.98. The van der Waals surface area contributed by atoms with Gasteiger partial charge in [0.2, 0.25) is 0 Å². The Balaban J connectivity index is 1.95. The van der Waals surface area contributed by atoms with Gasteiger partial charge in [-0.25, -0.2) is 4.39 Å². The average Bonchev–Trinajstić information content (AvgIpc) is 2.19. The highest BCUT2D eigenvalue weighted by molar-refractivity contribution is 8.00. The van der Waals surface area contributed by atoms with E-state index >= 15 is 0 Å². The average molecular weight is 211 g/mol. The SMILES string of the molecule is Fc1cccc(SC2CCNCC2)c1. The lowest BCUT2D eigenvalue weighted by molar-refractivity contribution is 0.531. The topological polar surface area (TPSA) is 12.0 Å². The van der Waals surface area contributed by atoms with Crippen LogP contribution in [0, 0.1) is 5.82 Å². The van der Waals surface area contributed by atoms with Gasteiger partial charge >= 0.3 is 0 Å². The van der Waals surface area contributed by atoms with Gasteiger partial charge in [-0.05, 0) is 44.1 Å². The number of hydrogen-bond donors (Lipinski definition) is 1. The Kier molecular flexibility index (Phi) is 3.43. The molecule has 0 atom stereocenters. The first-order valence-electron chi connectivity index (χ1n) is 4.97. The van der Waals surface area contributed by atoms with Gasteiger partial charge in [0.05, 0.1) is 0 Å². The quantitative estimate of drug-likeness (QED) is 0.807. The normalized spacial score (nSPS) is 18.4. The van der Waals surface area contributed by atoms with Gasteiger partial charge in [-0.3, -0.25) is 0 Å². The summed E-state index contributed by atoms with van der Waals surface area (Å²) >= 11 is 1.80. The molecule has 1 heterocycles. The number of rotatable bonds is 2. The smallest absolute Gasteiger partial charge is 0.124 e. The monoisotopic (exact) mass is 211 g/mol. The van der Waals surface area contributed by atoms with E-state index in [1.165, 1.54) is 18.9 Å². The zero-order valence-electron chi connectivity index (χ0n) is 8.00. The fourth-order valence-corrected chi connectivity index (χ4v) is 2.84. The molecule has 1 N–H and O–H groups in total. The zero-order chi connectivity index (χ0) is 9.80. The first-order chi connectivity index (χ1) is 6.84. The van der Waals surface area contributed by atoms with Gasteiger partial charge in [0.15, 0.2) is 0 Å². The van der Waals surface area contributed by atoms with Crippen LogP contribution in [0.25, 0.3) is 0 Å². The van der Waals surface area contributed by atoms with Gasteiger partial charge in [0, 0.05) is 10.1 Å². The number of benzene rings is 1. The van der Waals surface area contributed by atoms with E-state index in [9.17, 15) is 4.39 Å². The molecule has 0 aliphatic carbocycles. The molecule has 0 aromatic heterocycles. The molecule has 1 aliphatic rings. The van der Waals surface area contributed by atoms with Crippen molar-refractivity contribution in [2.24, 2.45) is 0 Å². The van der Waals surface area contributed by atoms with Crippen molar-refractivity contribution in [1.82, 2.24) is 5.32 Å². The molecule has 2 rings (SSSR count). The molecule has 1 nitrogen and oxygen atoms in total. The lowest BCUT2D eigenvalue weighted by Crippen LogP contribution is -2.29. The second-order valence-corrected chi connectivity index (χ2v) is 4.90. The first kappa shape index (κ1) is 9.99. The lowest BCUT2D eigenvalue weighted by atomic mass is 10.2. The van der Waals surface area contributed by atoms with Crippen LogP contribution in [0.4, 0.5) is 4.39 Å². The molecule has 0 bridgehead atoms. The van der Waals surface area contributed by atoms with E-state index in [0.717, 1.165) is 18.0 Å². The number of piperidine rings is 1. The minimum absolute atomic E-state index is 0.135. The van der Waals surface area contributed by atoms with Gasteiger partial charge in [-0.1, -0.05) is 6.07 Å². The highest BCUT2D eigenvalue weighted by atomic mass is 32.2. The summed E-state index contributed by atoms with van der Waals surface area (Å²) in [7, 11) is 0. The molecule has 0 radical (unpaired) electrons. The second-order valence-electron chi connectivity index (χ2n) is 3.52. The highest BCUT2D eigenvalue weighted by Crippen LogP contribution is 2.28. The molecule has 0 unspecified atom stereocenters. The number of hydrogen-bond acceptors (Lipinski definition) is 2. The molecule has 1 aromatic carbocycles. The van der Waals surface area contributed by atoms with Crippen LogP contribution < -0.4 is 5.32 Å². The van der Waals surface area contributed by atoms with Crippen LogP contribution in [0.1, 0.15) is 12.8 Å². The molecule has 0 amide bonds. The maximum absolute atomic E-state index is 12.9. The fraction of sp³-hybridized carbons (Fsp3) is 0.455. The molecule has 0 saturated carbocycles. The number of halogens is 1. The van der Waals surface area contributed by atoms with E-state index < -0.39 is 0 Å². The molecule has 14 heavy (non-hydrogen) atoms.